The lowest BCUT2D eigenvalue weighted by atomic mass is 9.87. The van der Waals surface area contributed by atoms with Crippen molar-refractivity contribution in [2.75, 3.05) is 13.7 Å². The van der Waals surface area contributed by atoms with E-state index in [4.69, 9.17) is 4.74 Å². The summed E-state index contributed by atoms with van der Waals surface area (Å²) in [5.74, 6) is -2.97. The summed E-state index contributed by atoms with van der Waals surface area (Å²) in [5, 5.41) is 2.47. The molecule has 1 aliphatic rings. The molecule has 0 aromatic carbocycles. The molecule has 0 heterocycles. The lowest BCUT2D eigenvalue weighted by molar-refractivity contribution is -0.143. The molecule has 0 bridgehead atoms. The van der Waals surface area contributed by atoms with Gasteiger partial charge in [-0.1, -0.05) is 13.8 Å². The molecule has 0 spiro atoms. The van der Waals surface area contributed by atoms with Crippen LogP contribution in [0.4, 0.5) is 13.6 Å². The van der Waals surface area contributed by atoms with Crippen molar-refractivity contribution < 1.29 is 27.8 Å². The van der Waals surface area contributed by atoms with Crippen molar-refractivity contribution in [3.63, 3.8) is 0 Å². The van der Waals surface area contributed by atoms with Gasteiger partial charge in [0.25, 0.3) is 0 Å². The quantitative estimate of drug-likeness (QED) is 0.763. The molecule has 1 fully saturated rings. The van der Waals surface area contributed by atoms with Gasteiger partial charge in [-0.2, -0.15) is 0 Å². The number of halogens is 2. The summed E-state index contributed by atoms with van der Waals surface area (Å²) in [6.45, 7) is 3.94. The molecule has 0 saturated heterocycles. The molecule has 7 heteroatoms. The van der Waals surface area contributed by atoms with Crippen LogP contribution in [0.3, 0.4) is 0 Å². The van der Waals surface area contributed by atoms with E-state index >= 15 is 0 Å². The highest BCUT2D eigenvalue weighted by atomic mass is 19.3. The van der Waals surface area contributed by atoms with E-state index in [-0.39, 0.29) is 31.3 Å². The third-order valence-electron chi connectivity index (χ3n) is 3.77. The Hall–Kier alpha value is -1.40. The highest BCUT2D eigenvalue weighted by Crippen LogP contribution is 2.36. The van der Waals surface area contributed by atoms with Crippen LogP contribution in [0, 0.1) is 11.8 Å². The Kier molecular flexibility index (Phi) is 7.03. The van der Waals surface area contributed by atoms with E-state index < -0.39 is 24.0 Å². The zero-order valence-electron chi connectivity index (χ0n) is 13.4. The molecule has 0 aliphatic heterocycles. The number of alkyl carbamates (subject to hydrolysis) is 1. The van der Waals surface area contributed by atoms with Crippen molar-refractivity contribution in [1.29, 1.82) is 0 Å². The molecule has 1 rings (SSSR count). The summed E-state index contributed by atoms with van der Waals surface area (Å²) in [5.41, 5.74) is 0. The Labute approximate surface area is 129 Å². The number of carbonyl (C=O) groups is 2. The largest absolute Gasteiger partial charge is 0.467 e. The fourth-order valence-corrected chi connectivity index (χ4v) is 2.47. The SMILES string of the molecule is COC(=O)C(CC(C)C)NC(=O)OCC1CCC(F)(F)CC1. The Bertz CT molecular complexity index is 378. The van der Waals surface area contributed by atoms with Gasteiger partial charge in [-0.05, 0) is 31.1 Å². The van der Waals surface area contributed by atoms with Gasteiger partial charge in [0.15, 0.2) is 0 Å². The molecule has 0 aromatic heterocycles. The van der Waals surface area contributed by atoms with Gasteiger partial charge in [-0.3, -0.25) is 0 Å². The maximum Gasteiger partial charge on any atom is 0.407 e. The van der Waals surface area contributed by atoms with Crippen molar-refractivity contribution in [3.05, 3.63) is 0 Å². The number of alkyl halides is 2. The molecule has 1 N–H and O–H groups in total. The van der Waals surface area contributed by atoms with Crippen LogP contribution >= 0.6 is 0 Å². The van der Waals surface area contributed by atoms with E-state index in [1.165, 1.54) is 7.11 Å². The van der Waals surface area contributed by atoms with Crippen molar-refractivity contribution in [2.45, 2.75) is 57.9 Å². The van der Waals surface area contributed by atoms with Gasteiger partial charge in [0.1, 0.15) is 6.04 Å². The van der Waals surface area contributed by atoms with Crippen molar-refractivity contribution in [3.8, 4) is 0 Å². The van der Waals surface area contributed by atoms with E-state index in [0.29, 0.717) is 19.3 Å². The molecule has 1 atom stereocenters. The fraction of sp³-hybridized carbons (Fsp3) is 0.867. The molecule has 0 aromatic rings. The number of ether oxygens (including phenoxy) is 2. The number of esters is 1. The predicted molar refractivity (Wildman–Crippen MR) is 76.6 cm³/mol. The van der Waals surface area contributed by atoms with E-state index in [9.17, 15) is 18.4 Å². The molecular formula is C15H25F2NO4. The van der Waals surface area contributed by atoms with Gasteiger partial charge in [0.2, 0.25) is 5.92 Å². The zero-order valence-corrected chi connectivity index (χ0v) is 13.4. The van der Waals surface area contributed by atoms with Crippen LogP contribution in [0.5, 0.6) is 0 Å². The van der Waals surface area contributed by atoms with Crippen LogP contribution in [-0.4, -0.2) is 37.7 Å². The average Bonchev–Trinajstić information content (AvgIpc) is 2.44. The number of rotatable bonds is 6. The molecule has 1 unspecified atom stereocenters. The molecule has 1 amide bonds. The standard InChI is InChI=1S/C15H25F2NO4/c1-10(2)8-12(13(19)21-3)18-14(20)22-9-11-4-6-15(16,17)7-5-11/h10-12H,4-9H2,1-3H3,(H,18,20). The molecule has 22 heavy (non-hydrogen) atoms. The second-order valence-electron chi connectivity index (χ2n) is 6.25. The van der Waals surface area contributed by atoms with Crippen LogP contribution in [0.15, 0.2) is 0 Å². The fourth-order valence-electron chi connectivity index (χ4n) is 2.47. The Balaban J connectivity index is 2.36. The summed E-state index contributed by atoms with van der Waals surface area (Å²) < 4.78 is 35.7. The van der Waals surface area contributed by atoms with Gasteiger partial charge >= 0.3 is 12.1 Å². The Morgan fingerprint density at radius 2 is 1.86 bits per heavy atom. The summed E-state index contributed by atoms with van der Waals surface area (Å²) >= 11 is 0. The monoisotopic (exact) mass is 321 g/mol. The number of methoxy groups -OCH3 is 1. The molecule has 1 saturated carbocycles. The van der Waals surface area contributed by atoms with Crippen molar-refractivity contribution >= 4 is 12.1 Å². The van der Waals surface area contributed by atoms with Gasteiger partial charge in [0.05, 0.1) is 13.7 Å². The van der Waals surface area contributed by atoms with E-state index in [1.54, 1.807) is 0 Å². The van der Waals surface area contributed by atoms with Crippen LogP contribution in [-0.2, 0) is 14.3 Å². The molecular weight excluding hydrogens is 296 g/mol. The normalized spacial score (nSPS) is 19.5. The Morgan fingerprint density at radius 1 is 1.27 bits per heavy atom. The third-order valence-corrected chi connectivity index (χ3v) is 3.77. The lowest BCUT2D eigenvalue weighted by Crippen LogP contribution is -2.43. The topological polar surface area (TPSA) is 64.6 Å². The molecule has 128 valence electrons. The molecule has 0 radical (unpaired) electrons. The van der Waals surface area contributed by atoms with E-state index in [2.05, 4.69) is 10.1 Å². The number of hydrogen-bond donors (Lipinski definition) is 1. The first-order valence-corrected chi connectivity index (χ1v) is 7.62. The van der Waals surface area contributed by atoms with Gasteiger partial charge in [-0.25, -0.2) is 18.4 Å². The van der Waals surface area contributed by atoms with Crippen LogP contribution in [0.2, 0.25) is 0 Å². The van der Waals surface area contributed by atoms with Crippen molar-refractivity contribution in [2.24, 2.45) is 11.8 Å². The maximum absolute atomic E-state index is 13.0. The molecule has 5 nitrogen and oxygen atoms in total. The highest BCUT2D eigenvalue weighted by Gasteiger charge is 2.35. The van der Waals surface area contributed by atoms with E-state index in [0.717, 1.165) is 0 Å². The first kappa shape index (κ1) is 18.6. The minimum atomic E-state index is -2.59. The van der Waals surface area contributed by atoms with Gasteiger partial charge < -0.3 is 14.8 Å². The molecule has 1 aliphatic carbocycles. The second-order valence-corrected chi connectivity index (χ2v) is 6.25. The predicted octanol–water partition coefficient (Wildman–Crippen LogP) is 3.13. The minimum Gasteiger partial charge on any atom is -0.467 e. The zero-order chi connectivity index (χ0) is 16.8. The van der Waals surface area contributed by atoms with Gasteiger partial charge in [-0.15, -0.1) is 0 Å². The first-order valence-electron chi connectivity index (χ1n) is 7.62. The average molecular weight is 321 g/mol. The Morgan fingerprint density at radius 3 is 2.36 bits per heavy atom. The smallest absolute Gasteiger partial charge is 0.407 e. The summed E-state index contributed by atoms with van der Waals surface area (Å²) in [7, 11) is 1.25. The summed E-state index contributed by atoms with van der Waals surface area (Å²) in [6.07, 6.45) is 0.0756. The third kappa shape index (κ3) is 6.58. The number of hydrogen-bond acceptors (Lipinski definition) is 4. The van der Waals surface area contributed by atoms with E-state index in [1.807, 2.05) is 13.8 Å². The lowest BCUT2D eigenvalue weighted by Gasteiger charge is -2.28. The second kappa shape index (κ2) is 8.29. The highest BCUT2D eigenvalue weighted by molar-refractivity contribution is 5.81. The maximum atomic E-state index is 13.0. The van der Waals surface area contributed by atoms with Crippen molar-refractivity contribution in [1.82, 2.24) is 5.32 Å². The van der Waals surface area contributed by atoms with Crippen LogP contribution < -0.4 is 5.32 Å². The number of amides is 1. The minimum absolute atomic E-state index is 0.0490. The number of nitrogens with one attached hydrogen (secondary N) is 1. The summed E-state index contributed by atoms with van der Waals surface area (Å²) in [6, 6.07) is -0.756. The number of carbonyl (C=O) groups excluding carboxylic acids is 2. The first-order chi connectivity index (χ1) is 10.2. The van der Waals surface area contributed by atoms with Gasteiger partial charge in [0, 0.05) is 12.8 Å². The van der Waals surface area contributed by atoms with Crippen LogP contribution in [0.1, 0.15) is 46.0 Å². The summed E-state index contributed by atoms with van der Waals surface area (Å²) in [4.78, 5) is 23.3. The van der Waals surface area contributed by atoms with Crippen LogP contribution in [0.25, 0.3) is 0 Å².